The van der Waals surface area contributed by atoms with Crippen LogP contribution in [0.2, 0.25) is 0 Å². The van der Waals surface area contributed by atoms with Gasteiger partial charge in [-0.15, -0.1) is 22.7 Å². The van der Waals surface area contributed by atoms with Crippen LogP contribution < -0.4 is 10.6 Å². The second kappa shape index (κ2) is 8.25. The Kier molecular flexibility index (Phi) is 5.80. The van der Waals surface area contributed by atoms with E-state index in [0.29, 0.717) is 21.6 Å². The number of thiazole rings is 1. The highest BCUT2D eigenvalue weighted by molar-refractivity contribution is 7.14. The molecule has 1 aromatic carbocycles. The van der Waals surface area contributed by atoms with E-state index < -0.39 is 0 Å². The molecule has 0 unspecified atom stereocenters. The van der Waals surface area contributed by atoms with Gasteiger partial charge < -0.3 is 5.32 Å². The summed E-state index contributed by atoms with van der Waals surface area (Å²) in [7, 11) is 0. The number of nitrogens with one attached hydrogen (secondary N) is 2. The van der Waals surface area contributed by atoms with Gasteiger partial charge in [-0.05, 0) is 35.1 Å². The van der Waals surface area contributed by atoms with E-state index in [1.54, 1.807) is 11.4 Å². The molecule has 0 saturated heterocycles. The van der Waals surface area contributed by atoms with Crippen LogP contribution in [-0.4, -0.2) is 16.8 Å². The number of anilines is 2. The number of hydrogen-bond acceptors (Lipinski definition) is 5. The minimum atomic E-state index is -0.184. The molecule has 0 bridgehead atoms. The average Bonchev–Trinajstić information content (AvgIpc) is 3.27. The van der Waals surface area contributed by atoms with Gasteiger partial charge in [-0.25, -0.2) is 4.98 Å². The van der Waals surface area contributed by atoms with Crippen molar-refractivity contribution >= 4 is 45.3 Å². The molecule has 7 heteroatoms. The van der Waals surface area contributed by atoms with Crippen molar-refractivity contribution in [3.8, 4) is 0 Å². The predicted molar refractivity (Wildman–Crippen MR) is 107 cm³/mol. The highest BCUT2D eigenvalue weighted by atomic mass is 32.1. The van der Waals surface area contributed by atoms with Crippen LogP contribution in [0.15, 0.2) is 47.2 Å². The maximum Gasteiger partial charge on any atom is 0.267 e. The van der Waals surface area contributed by atoms with Gasteiger partial charge in [0.05, 0.1) is 17.0 Å². The van der Waals surface area contributed by atoms with Crippen LogP contribution in [0.1, 0.15) is 40.7 Å². The SMILES string of the molecule is CC(C)c1cccc(NC(=O)Cc2csc(NC(=O)c3cccs3)n2)c1. The van der Waals surface area contributed by atoms with Crippen LogP contribution >= 0.6 is 22.7 Å². The third kappa shape index (κ3) is 4.77. The van der Waals surface area contributed by atoms with Crippen LogP contribution in [0.3, 0.4) is 0 Å². The van der Waals surface area contributed by atoms with Gasteiger partial charge in [-0.2, -0.15) is 0 Å². The highest BCUT2D eigenvalue weighted by Crippen LogP contribution is 2.20. The van der Waals surface area contributed by atoms with Gasteiger partial charge >= 0.3 is 0 Å². The smallest absolute Gasteiger partial charge is 0.267 e. The first-order valence-corrected chi connectivity index (χ1v) is 9.96. The molecular weight excluding hydrogens is 366 g/mol. The number of hydrogen-bond donors (Lipinski definition) is 2. The van der Waals surface area contributed by atoms with Crippen LogP contribution in [0.25, 0.3) is 0 Å². The summed E-state index contributed by atoms with van der Waals surface area (Å²) in [6, 6.07) is 11.4. The van der Waals surface area contributed by atoms with Crippen molar-refractivity contribution in [2.24, 2.45) is 0 Å². The molecule has 134 valence electrons. The number of carbonyl (C=O) groups is 2. The second-order valence-electron chi connectivity index (χ2n) is 6.08. The van der Waals surface area contributed by atoms with Gasteiger partial charge in [0.2, 0.25) is 5.91 Å². The Morgan fingerprint density at radius 1 is 1.12 bits per heavy atom. The predicted octanol–water partition coefficient (Wildman–Crippen LogP) is 4.76. The molecule has 0 radical (unpaired) electrons. The summed E-state index contributed by atoms with van der Waals surface area (Å²) in [6.07, 6.45) is 0.164. The van der Waals surface area contributed by atoms with Crippen LogP contribution in [0, 0.1) is 0 Å². The van der Waals surface area contributed by atoms with Crippen molar-refractivity contribution < 1.29 is 9.59 Å². The minimum absolute atomic E-state index is 0.132. The summed E-state index contributed by atoms with van der Waals surface area (Å²) in [5, 5.41) is 9.78. The third-order valence-corrected chi connectivity index (χ3v) is 5.37. The summed E-state index contributed by atoms with van der Waals surface area (Å²) in [6.45, 7) is 4.23. The van der Waals surface area contributed by atoms with Crippen molar-refractivity contribution in [3.05, 3.63) is 63.3 Å². The highest BCUT2D eigenvalue weighted by Gasteiger charge is 2.12. The number of benzene rings is 1. The molecule has 0 atom stereocenters. The number of thiophene rings is 1. The van der Waals surface area contributed by atoms with E-state index in [2.05, 4.69) is 29.5 Å². The number of rotatable bonds is 6. The van der Waals surface area contributed by atoms with E-state index >= 15 is 0 Å². The molecule has 0 spiro atoms. The molecule has 0 aliphatic rings. The molecule has 2 N–H and O–H groups in total. The van der Waals surface area contributed by atoms with Gasteiger partial charge in [0.15, 0.2) is 5.13 Å². The lowest BCUT2D eigenvalue weighted by Gasteiger charge is -2.09. The Bertz CT molecular complexity index is 901. The maximum absolute atomic E-state index is 12.2. The molecule has 26 heavy (non-hydrogen) atoms. The van der Waals surface area contributed by atoms with E-state index in [9.17, 15) is 9.59 Å². The molecule has 3 rings (SSSR count). The van der Waals surface area contributed by atoms with Crippen molar-refractivity contribution in [1.29, 1.82) is 0 Å². The number of amides is 2. The minimum Gasteiger partial charge on any atom is -0.326 e. The van der Waals surface area contributed by atoms with E-state index in [4.69, 9.17) is 0 Å². The van der Waals surface area contributed by atoms with E-state index in [-0.39, 0.29) is 18.2 Å². The summed E-state index contributed by atoms with van der Waals surface area (Å²) in [5.41, 5.74) is 2.59. The molecule has 0 saturated carbocycles. The molecular formula is C19H19N3O2S2. The van der Waals surface area contributed by atoms with E-state index in [0.717, 1.165) is 5.69 Å². The molecule has 2 heterocycles. The molecule has 2 aromatic heterocycles. The topological polar surface area (TPSA) is 71.1 Å². The zero-order valence-corrected chi connectivity index (χ0v) is 16.1. The molecule has 0 aliphatic carbocycles. The Balaban J connectivity index is 1.57. The standard InChI is InChI=1S/C19H19N3O2S2/c1-12(2)13-5-3-6-14(9-13)20-17(23)10-15-11-26-19(21-15)22-18(24)16-7-4-8-25-16/h3-9,11-12H,10H2,1-2H3,(H,20,23)(H,21,22,24). The van der Waals surface area contributed by atoms with Crippen molar-refractivity contribution in [3.63, 3.8) is 0 Å². The first-order chi connectivity index (χ1) is 12.5. The Hall–Kier alpha value is -2.51. The number of aromatic nitrogens is 1. The number of nitrogens with zero attached hydrogens (tertiary/aromatic N) is 1. The van der Waals surface area contributed by atoms with Gasteiger partial charge in [0.25, 0.3) is 5.91 Å². The molecule has 0 fully saturated rings. The van der Waals surface area contributed by atoms with Crippen LogP contribution in [0.5, 0.6) is 0 Å². The fourth-order valence-electron chi connectivity index (χ4n) is 2.36. The fraction of sp³-hybridized carbons (Fsp3) is 0.211. The zero-order chi connectivity index (χ0) is 18.5. The van der Waals surface area contributed by atoms with Crippen LogP contribution in [0.4, 0.5) is 10.8 Å². The van der Waals surface area contributed by atoms with E-state index in [1.165, 1.54) is 28.2 Å². The first kappa shape index (κ1) is 18.3. The largest absolute Gasteiger partial charge is 0.326 e. The Morgan fingerprint density at radius 3 is 2.69 bits per heavy atom. The summed E-state index contributed by atoms with van der Waals surface area (Å²) < 4.78 is 0. The Labute approximate surface area is 160 Å². The van der Waals surface area contributed by atoms with Crippen molar-refractivity contribution in [2.45, 2.75) is 26.2 Å². The van der Waals surface area contributed by atoms with E-state index in [1.807, 2.05) is 35.7 Å². The van der Waals surface area contributed by atoms with Gasteiger partial charge in [-0.3, -0.25) is 14.9 Å². The quantitative estimate of drug-likeness (QED) is 0.642. The number of carbonyl (C=O) groups excluding carboxylic acids is 2. The first-order valence-electron chi connectivity index (χ1n) is 8.20. The molecule has 2 amide bonds. The third-order valence-electron chi connectivity index (χ3n) is 3.70. The van der Waals surface area contributed by atoms with Gasteiger partial charge in [0.1, 0.15) is 0 Å². The summed E-state index contributed by atoms with van der Waals surface area (Å²) >= 11 is 2.68. The second-order valence-corrected chi connectivity index (χ2v) is 7.89. The van der Waals surface area contributed by atoms with Crippen LogP contribution in [-0.2, 0) is 11.2 Å². The molecule has 5 nitrogen and oxygen atoms in total. The lowest BCUT2D eigenvalue weighted by molar-refractivity contribution is -0.115. The zero-order valence-electron chi connectivity index (χ0n) is 14.5. The maximum atomic E-state index is 12.2. The fourth-order valence-corrected chi connectivity index (χ4v) is 3.68. The van der Waals surface area contributed by atoms with Gasteiger partial charge in [-0.1, -0.05) is 32.0 Å². The lowest BCUT2D eigenvalue weighted by atomic mass is 10.0. The summed E-state index contributed by atoms with van der Waals surface area (Å²) in [5.74, 6) is 0.0862. The molecule has 0 aliphatic heterocycles. The normalized spacial score (nSPS) is 10.7. The van der Waals surface area contributed by atoms with Crippen molar-refractivity contribution in [2.75, 3.05) is 10.6 Å². The molecule has 3 aromatic rings. The Morgan fingerprint density at radius 2 is 1.96 bits per heavy atom. The van der Waals surface area contributed by atoms with Gasteiger partial charge in [0, 0.05) is 11.1 Å². The average molecular weight is 386 g/mol. The van der Waals surface area contributed by atoms with Crippen molar-refractivity contribution in [1.82, 2.24) is 4.98 Å². The summed E-state index contributed by atoms with van der Waals surface area (Å²) in [4.78, 5) is 29.2. The lowest BCUT2D eigenvalue weighted by Crippen LogP contribution is -2.15. The monoisotopic (exact) mass is 385 g/mol.